The van der Waals surface area contributed by atoms with Crippen LogP contribution in [0, 0.1) is 5.92 Å². The molecule has 3 heteroatoms. The first-order valence-electron chi connectivity index (χ1n) is 5.81. The zero-order valence-electron chi connectivity index (χ0n) is 9.00. The normalized spacial score (nSPS) is 37.1. The van der Waals surface area contributed by atoms with Gasteiger partial charge in [-0.3, -0.25) is 0 Å². The molecular formula is C11H21NOS. The Morgan fingerprint density at radius 1 is 1.43 bits per heavy atom. The van der Waals surface area contributed by atoms with Crippen LogP contribution in [0.3, 0.4) is 0 Å². The molecular weight excluding hydrogens is 194 g/mol. The summed E-state index contributed by atoms with van der Waals surface area (Å²) in [6.07, 6.45) is 4.43. The van der Waals surface area contributed by atoms with Crippen LogP contribution in [-0.4, -0.2) is 36.8 Å². The lowest BCUT2D eigenvalue weighted by molar-refractivity contribution is -0.0103. The van der Waals surface area contributed by atoms with Crippen molar-refractivity contribution in [3.63, 3.8) is 0 Å². The largest absolute Gasteiger partial charge is 0.378 e. The minimum Gasteiger partial charge on any atom is -0.378 e. The lowest BCUT2D eigenvalue weighted by atomic mass is 9.89. The van der Waals surface area contributed by atoms with Gasteiger partial charge in [-0.1, -0.05) is 0 Å². The molecule has 2 nitrogen and oxygen atoms in total. The second-order valence-corrected chi connectivity index (χ2v) is 5.53. The molecule has 1 saturated carbocycles. The van der Waals surface area contributed by atoms with Crippen LogP contribution in [-0.2, 0) is 4.74 Å². The van der Waals surface area contributed by atoms with Crippen LogP contribution >= 0.6 is 11.8 Å². The van der Waals surface area contributed by atoms with Gasteiger partial charge in [0.25, 0.3) is 0 Å². The topological polar surface area (TPSA) is 21.3 Å². The van der Waals surface area contributed by atoms with E-state index in [0.717, 1.165) is 18.6 Å². The molecule has 2 rings (SSSR count). The van der Waals surface area contributed by atoms with Gasteiger partial charge in [0.15, 0.2) is 0 Å². The average molecular weight is 215 g/mol. The van der Waals surface area contributed by atoms with Crippen molar-refractivity contribution in [2.75, 3.05) is 24.7 Å². The summed E-state index contributed by atoms with van der Waals surface area (Å²) >= 11 is 2.10. The van der Waals surface area contributed by atoms with E-state index in [1.807, 2.05) is 0 Å². The van der Waals surface area contributed by atoms with Gasteiger partial charge in [0.1, 0.15) is 0 Å². The molecule has 1 saturated heterocycles. The van der Waals surface area contributed by atoms with E-state index in [4.69, 9.17) is 4.74 Å². The van der Waals surface area contributed by atoms with Gasteiger partial charge >= 0.3 is 0 Å². The maximum atomic E-state index is 5.54. The Balaban J connectivity index is 1.51. The second-order valence-electron chi connectivity index (χ2n) is 4.38. The van der Waals surface area contributed by atoms with E-state index in [1.54, 1.807) is 0 Å². The smallest absolute Gasteiger partial charge is 0.0604 e. The number of hydrogen-bond acceptors (Lipinski definition) is 3. The summed E-state index contributed by atoms with van der Waals surface area (Å²) in [7, 11) is 0. The quantitative estimate of drug-likeness (QED) is 0.757. The Kier molecular flexibility index (Phi) is 4.14. The predicted molar refractivity (Wildman–Crippen MR) is 61.9 cm³/mol. The van der Waals surface area contributed by atoms with E-state index in [0.29, 0.717) is 6.10 Å². The lowest BCUT2D eigenvalue weighted by Gasteiger charge is -2.36. The highest BCUT2D eigenvalue weighted by atomic mass is 32.2. The van der Waals surface area contributed by atoms with Gasteiger partial charge in [-0.05, 0) is 50.2 Å². The summed E-state index contributed by atoms with van der Waals surface area (Å²) in [5.74, 6) is 3.68. The maximum absolute atomic E-state index is 5.54. The molecule has 0 spiro atoms. The van der Waals surface area contributed by atoms with Gasteiger partial charge in [0, 0.05) is 12.6 Å². The molecule has 0 aromatic heterocycles. The van der Waals surface area contributed by atoms with Crippen molar-refractivity contribution in [3.8, 4) is 0 Å². The fourth-order valence-electron chi connectivity index (χ4n) is 2.18. The fourth-order valence-corrected chi connectivity index (χ4v) is 3.47. The van der Waals surface area contributed by atoms with Crippen molar-refractivity contribution >= 4 is 11.8 Å². The summed E-state index contributed by atoms with van der Waals surface area (Å²) in [5, 5.41) is 3.66. The molecule has 1 N–H and O–H groups in total. The van der Waals surface area contributed by atoms with Crippen LogP contribution < -0.4 is 5.32 Å². The molecule has 0 amide bonds. The molecule has 1 aliphatic heterocycles. The molecule has 0 aromatic rings. The van der Waals surface area contributed by atoms with Gasteiger partial charge < -0.3 is 10.1 Å². The van der Waals surface area contributed by atoms with E-state index in [9.17, 15) is 0 Å². The van der Waals surface area contributed by atoms with Gasteiger partial charge in [-0.15, -0.1) is 0 Å². The Hall–Kier alpha value is 0.270. The van der Waals surface area contributed by atoms with Crippen molar-refractivity contribution in [1.29, 1.82) is 0 Å². The van der Waals surface area contributed by atoms with Crippen LogP contribution in [0.2, 0.25) is 0 Å². The third kappa shape index (κ3) is 2.88. The minimum atomic E-state index is 0.551. The van der Waals surface area contributed by atoms with E-state index < -0.39 is 0 Å². The standard InChI is InChI=1S/C11H21NOS/c1-2-13-11-5-10(6-11)12-7-9-3-4-14-8-9/h9-12H,2-8H2,1H3. The van der Waals surface area contributed by atoms with Gasteiger partial charge in [-0.25, -0.2) is 0 Å². The highest BCUT2D eigenvalue weighted by Gasteiger charge is 2.29. The Morgan fingerprint density at radius 3 is 2.93 bits per heavy atom. The third-order valence-corrected chi connectivity index (χ3v) is 4.45. The van der Waals surface area contributed by atoms with E-state index in [2.05, 4.69) is 24.0 Å². The van der Waals surface area contributed by atoms with E-state index in [-0.39, 0.29) is 0 Å². The molecule has 0 radical (unpaired) electrons. The van der Waals surface area contributed by atoms with Crippen LogP contribution in [0.5, 0.6) is 0 Å². The summed E-state index contributed by atoms with van der Waals surface area (Å²) < 4.78 is 5.54. The molecule has 1 aliphatic carbocycles. The SMILES string of the molecule is CCOC1CC(NCC2CCSC2)C1. The molecule has 0 bridgehead atoms. The van der Waals surface area contributed by atoms with Crippen molar-refractivity contribution < 1.29 is 4.74 Å². The molecule has 1 atom stereocenters. The first-order chi connectivity index (χ1) is 6.88. The summed E-state index contributed by atoms with van der Waals surface area (Å²) in [6, 6.07) is 0.747. The zero-order valence-corrected chi connectivity index (χ0v) is 9.81. The number of hydrogen-bond donors (Lipinski definition) is 1. The highest BCUT2D eigenvalue weighted by molar-refractivity contribution is 7.99. The van der Waals surface area contributed by atoms with Gasteiger partial charge in [0.2, 0.25) is 0 Å². The van der Waals surface area contributed by atoms with Crippen molar-refractivity contribution in [2.45, 2.75) is 38.3 Å². The molecule has 14 heavy (non-hydrogen) atoms. The maximum Gasteiger partial charge on any atom is 0.0604 e. The summed E-state index contributed by atoms with van der Waals surface area (Å²) in [4.78, 5) is 0. The molecule has 2 fully saturated rings. The minimum absolute atomic E-state index is 0.551. The van der Waals surface area contributed by atoms with Gasteiger partial charge in [0.05, 0.1) is 6.10 Å². The number of rotatable bonds is 5. The Bertz CT molecular complexity index is 165. The second kappa shape index (κ2) is 5.38. The Labute approximate surface area is 91.2 Å². The zero-order chi connectivity index (χ0) is 9.80. The number of nitrogens with one attached hydrogen (secondary N) is 1. The molecule has 1 unspecified atom stereocenters. The van der Waals surface area contributed by atoms with E-state index >= 15 is 0 Å². The first-order valence-corrected chi connectivity index (χ1v) is 6.96. The van der Waals surface area contributed by atoms with Crippen LogP contribution in [0.1, 0.15) is 26.2 Å². The highest BCUT2D eigenvalue weighted by Crippen LogP contribution is 2.26. The summed E-state index contributed by atoms with van der Waals surface area (Å²) in [5.41, 5.74) is 0. The third-order valence-electron chi connectivity index (χ3n) is 3.22. The van der Waals surface area contributed by atoms with Crippen LogP contribution in [0.25, 0.3) is 0 Å². The Morgan fingerprint density at radius 2 is 2.29 bits per heavy atom. The van der Waals surface area contributed by atoms with E-state index in [1.165, 1.54) is 37.3 Å². The van der Waals surface area contributed by atoms with Crippen molar-refractivity contribution in [2.24, 2.45) is 5.92 Å². The first kappa shape index (κ1) is 10.8. The average Bonchev–Trinajstić information content (AvgIpc) is 2.61. The summed E-state index contributed by atoms with van der Waals surface area (Å²) in [6.45, 7) is 4.18. The molecule has 0 aromatic carbocycles. The number of thioether (sulfide) groups is 1. The lowest BCUT2D eigenvalue weighted by Crippen LogP contribution is -2.46. The van der Waals surface area contributed by atoms with Crippen molar-refractivity contribution in [1.82, 2.24) is 5.32 Å². The van der Waals surface area contributed by atoms with Crippen LogP contribution in [0.4, 0.5) is 0 Å². The fraction of sp³-hybridized carbons (Fsp3) is 1.00. The molecule has 2 aliphatic rings. The predicted octanol–water partition coefficient (Wildman–Crippen LogP) is 1.90. The number of ether oxygens (including phenoxy) is 1. The molecule has 82 valence electrons. The van der Waals surface area contributed by atoms with Crippen LogP contribution in [0.15, 0.2) is 0 Å². The molecule has 1 heterocycles. The van der Waals surface area contributed by atoms with Gasteiger partial charge in [-0.2, -0.15) is 11.8 Å². The monoisotopic (exact) mass is 215 g/mol. The van der Waals surface area contributed by atoms with Crippen molar-refractivity contribution in [3.05, 3.63) is 0 Å².